The molecule has 0 spiro atoms. The molecule has 0 aliphatic rings. The van der Waals surface area contributed by atoms with Crippen LogP contribution in [-0.2, 0) is 11.2 Å². The average molecular weight is 310 g/mol. The van der Waals surface area contributed by atoms with E-state index < -0.39 is 0 Å². The fourth-order valence-electron chi connectivity index (χ4n) is 2.51. The quantitative estimate of drug-likeness (QED) is 0.759. The summed E-state index contributed by atoms with van der Waals surface area (Å²) in [6.45, 7) is 0. The zero-order valence-corrected chi connectivity index (χ0v) is 13.1. The second-order valence-electron chi connectivity index (χ2n) is 5.19. The molecule has 5 heteroatoms. The van der Waals surface area contributed by atoms with E-state index in [1.165, 1.54) is 0 Å². The normalized spacial score (nSPS) is 10.5. The third-order valence-electron chi connectivity index (χ3n) is 3.65. The highest BCUT2D eigenvalue weighted by molar-refractivity contribution is 5.93. The number of H-pyrrole nitrogens is 1. The Kier molecular flexibility index (Phi) is 4.19. The Morgan fingerprint density at radius 2 is 1.87 bits per heavy atom. The van der Waals surface area contributed by atoms with Gasteiger partial charge in [0.05, 0.1) is 20.6 Å². The first-order valence-corrected chi connectivity index (χ1v) is 7.27. The van der Waals surface area contributed by atoms with Crippen LogP contribution in [0.25, 0.3) is 10.9 Å². The number of carbonyl (C=O) groups is 1. The van der Waals surface area contributed by atoms with Gasteiger partial charge in [0.2, 0.25) is 5.91 Å². The van der Waals surface area contributed by atoms with Gasteiger partial charge in [-0.3, -0.25) is 4.79 Å². The van der Waals surface area contributed by atoms with Gasteiger partial charge in [0, 0.05) is 23.5 Å². The minimum Gasteiger partial charge on any atom is -0.493 e. The molecular formula is C18H18N2O3. The maximum absolute atomic E-state index is 12.2. The number of ether oxygens (including phenoxy) is 2. The molecule has 23 heavy (non-hydrogen) atoms. The number of fused-ring (bicyclic) bond motifs is 1. The topological polar surface area (TPSA) is 63.3 Å². The molecule has 2 N–H and O–H groups in total. The van der Waals surface area contributed by atoms with Crippen molar-refractivity contribution in [3.05, 3.63) is 54.2 Å². The van der Waals surface area contributed by atoms with Crippen LogP contribution in [-0.4, -0.2) is 25.1 Å². The number of rotatable bonds is 5. The Hall–Kier alpha value is -2.95. The smallest absolute Gasteiger partial charge is 0.228 e. The van der Waals surface area contributed by atoms with Gasteiger partial charge in [-0.2, -0.15) is 0 Å². The van der Waals surface area contributed by atoms with Gasteiger partial charge in [-0.05, 0) is 35.2 Å². The number of aromatic amines is 1. The van der Waals surface area contributed by atoms with E-state index >= 15 is 0 Å². The molecule has 0 aliphatic carbocycles. The molecule has 0 fully saturated rings. The SMILES string of the molecule is COc1ccc(NC(=O)Cc2ccc3cc[nH]c3c2)cc1OC. The van der Waals surface area contributed by atoms with Crippen LogP contribution in [0.1, 0.15) is 5.56 Å². The molecular weight excluding hydrogens is 292 g/mol. The Bertz CT molecular complexity index is 839. The predicted octanol–water partition coefficient (Wildman–Crippen LogP) is 3.37. The van der Waals surface area contributed by atoms with Crippen molar-refractivity contribution in [3.63, 3.8) is 0 Å². The number of amides is 1. The molecule has 5 nitrogen and oxygen atoms in total. The maximum Gasteiger partial charge on any atom is 0.228 e. The largest absolute Gasteiger partial charge is 0.493 e. The first-order chi connectivity index (χ1) is 11.2. The standard InChI is InChI=1S/C18H18N2O3/c1-22-16-6-5-14(11-17(16)23-2)20-18(21)10-12-3-4-13-7-8-19-15(13)9-12/h3-9,11,19H,10H2,1-2H3,(H,20,21). The van der Waals surface area contributed by atoms with Gasteiger partial charge in [0.15, 0.2) is 11.5 Å². The number of benzene rings is 2. The van der Waals surface area contributed by atoms with E-state index in [1.54, 1.807) is 32.4 Å². The molecule has 0 bridgehead atoms. The lowest BCUT2D eigenvalue weighted by molar-refractivity contribution is -0.115. The van der Waals surface area contributed by atoms with E-state index in [-0.39, 0.29) is 5.91 Å². The summed E-state index contributed by atoms with van der Waals surface area (Å²) in [5, 5.41) is 4.01. The summed E-state index contributed by atoms with van der Waals surface area (Å²) in [5.74, 6) is 1.13. The summed E-state index contributed by atoms with van der Waals surface area (Å²) in [7, 11) is 3.14. The fraction of sp³-hybridized carbons (Fsp3) is 0.167. The molecule has 1 aromatic heterocycles. The molecule has 1 amide bonds. The number of aromatic nitrogens is 1. The summed E-state index contributed by atoms with van der Waals surface area (Å²) < 4.78 is 10.4. The summed E-state index contributed by atoms with van der Waals surface area (Å²) in [4.78, 5) is 15.4. The lowest BCUT2D eigenvalue weighted by Gasteiger charge is -2.10. The highest BCUT2D eigenvalue weighted by Gasteiger charge is 2.08. The Morgan fingerprint density at radius 3 is 2.65 bits per heavy atom. The number of nitrogens with one attached hydrogen (secondary N) is 2. The molecule has 1 heterocycles. The Balaban J connectivity index is 1.71. The van der Waals surface area contributed by atoms with Crippen LogP contribution in [0.2, 0.25) is 0 Å². The predicted molar refractivity (Wildman–Crippen MR) is 90.2 cm³/mol. The fourth-order valence-corrected chi connectivity index (χ4v) is 2.51. The zero-order valence-electron chi connectivity index (χ0n) is 13.1. The minimum atomic E-state index is -0.0804. The van der Waals surface area contributed by atoms with Gasteiger partial charge in [-0.25, -0.2) is 0 Å². The van der Waals surface area contributed by atoms with Gasteiger partial charge < -0.3 is 19.8 Å². The van der Waals surface area contributed by atoms with Gasteiger partial charge >= 0.3 is 0 Å². The highest BCUT2D eigenvalue weighted by atomic mass is 16.5. The molecule has 3 rings (SSSR count). The van der Waals surface area contributed by atoms with Gasteiger partial charge in [-0.15, -0.1) is 0 Å². The van der Waals surface area contributed by atoms with E-state index in [0.717, 1.165) is 16.5 Å². The van der Waals surface area contributed by atoms with E-state index in [2.05, 4.69) is 10.3 Å². The molecule has 0 atom stereocenters. The molecule has 118 valence electrons. The third kappa shape index (κ3) is 3.29. The van der Waals surface area contributed by atoms with E-state index in [0.29, 0.717) is 23.6 Å². The van der Waals surface area contributed by atoms with Crippen molar-refractivity contribution in [2.75, 3.05) is 19.5 Å². The summed E-state index contributed by atoms with van der Waals surface area (Å²) in [6.07, 6.45) is 2.20. The molecule has 0 radical (unpaired) electrons. The van der Waals surface area contributed by atoms with Gasteiger partial charge in [-0.1, -0.05) is 12.1 Å². The molecule has 2 aromatic carbocycles. The van der Waals surface area contributed by atoms with E-state index in [4.69, 9.17) is 9.47 Å². The number of anilines is 1. The van der Waals surface area contributed by atoms with Crippen molar-refractivity contribution >= 4 is 22.5 Å². The monoisotopic (exact) mass is 310 g/mol. The molecule has 3 aromatic rings. The highest BCUT2D eigenvalue weighted by Crippen LogP contribution is 2.29. The van der Waals surface area contributed by atoms with Crippen molar-refractivity contribution in [1.29, 1.82) is 0 Å². The van der Waals surface area contributed by atoms with Crippen LogP contribution in [0, 0.1) is 0 Å². The first kappa shape index (κ1) is 15.0. The average Bonchev–Trinajstić information content (AvgIpc) is 3.02. The van der Waals surface area contributed by atoms with Crippen molar-refractivity contribution in [2.45, 2.75) is 6.42 Å². The zero-order chi connectivity index (χ0) is 16.2. The van der Waals surface area contributed by atoms with Crippen LogP contribution >= 0.6 is 0 Å². The van der Waals surface area contributed by atoms with Crippen LogP contribution in [0.4, 0.5) is 5.69 Å². The second kappa shape index (κ2) is 6.44. The third-order valence-corrected chi connectivity index (χ3v) is 3.65. The van der Waals surface area contributed by atoms with Crippen LogP contribution in [0.5, 0.6) is 11.5 Å². The van der Waals surface area contributed by atoms with Crippen molar-refractivity contribution in [3.8, 4) is 11.5 Å². The van der Waals surface area contributed by atoms with Crippen molar-refractivity contribution < 1.29 is 14.3 Å². The van der Waals surface area contributed by atoms with E-state index in [9.17, 15) is 4.79 Å². The molecule has 0 saturated heterocycles. The minimum absolute atomic E-state index is 0.0804. The molecule has 0 saturated carbocycles. The van der Waals surface area contributed by atoms with Gasteiger partial charge in [0.1, 0.15) is 0 Å². The Labute approximate surface area is 134 Å². The number of hydrogen-bond donors (Lipinski definition) is 2. The lowest BCUT2D eigenvalue weighted by Crippen LogP contribution is -2.14. The number of carbonyl (C=O) groups excluding carboxylic acids is 1. The Morgan fingerprint density at radius 1 is 1.04 bits per heavy atom. The van der Waals surface area contributed by atoms with E-state index in [1.807, 2.05) is 30.5 Å². The summed E-state index contributed by atoms with van der Waals surface area (Å²) in [6, 6.07) is 13.2. The van der Waals surface area contributed by atoms with Crippen LogP contribution in [0.3, 0.4) is 0 Å². The maximum atomic E-state index is 12.2. The van der Waals surface area contributed by atoms with Crippen molar-refractivity contribution in [1.82, 2.24) is 4.98 Å². The number of hydrogen-bond acceptors (Lipinski definition) is 3. The van der Waals surface area contributed by atoms with Crippen LogP contribution in [0.15, 0.2) is 48.7 Å². The van der Waals surface area contributed by atoms with Crippen molar-refractivity contribution in [2.24, 2.45) is 0 Å². The number of methoxy groups -OCH3 is 2. The summed E-state index contributed by atoms with van der Waals surface area (Å²) in [5.41, 5.74) is 2.66. The summed E-state index contributed by atoms with van der Waals surface area (Å²) >= 11 is 0. The molecule has 0 aliphatic heterocycles. The lowest BCUT2D eigenvalue weighted by atomic mass is 10.1. The second-order valence-corrected chi connectivity index (χ2v) is 5.19. The first-order valence-electron chi connectivity index (χ1n) is 7.27. The molecule has 0 unspecified atom stereocenters. The van der Waals surface area contributed by atoms with Crippen LogP contribution < -0.4 is 14.8 Å². The van der Waals surface area contributed by atoms with Gasteiger partial charge in [0.25, 0.3) is 0 Å².